The van der Waals surface area contributed by atoms with Crippen LogP contribution in [0, 0.1) is 0 Å². The summed E-state index contributed by atoms with van der Waals surface area (Å²) in [7, 11) is 0. The van der Waals surface area contributed by atoms with Crippen LogP contribution in [0.2, 0.25) is 0 Å². The van der Waals surface area contributed by atoms with Gasteiger partial charge in [0.15, 0.2) is 0 Å². The number of pyridine rings is 2. The zero-order chi connectivity index (χ0) is 22.2. The molecule has 3 nitrogen and oxygen atoms in total. The number of ether oxygens (including phenoxy) is 1. The summed E-state index contributed by atoms with van der Waals surface area (Å²) in [6, 6.07) is 32.9. The molecule has 6 rings (SSSR count). The fraction of sp³-hybridized carbons (Fsp3) is 0. The van der Waals surface area contributed by atoms with E-state index in [0.29, 0.717) is 17.7 Å². The number of benzene rings is 3. The highest BCUT2D eigenvalue weighted by atomic mass is 16.5. The molecule has 3 aromatic carbocycles. The highest BCUT2D eigenvalue weighted by Gasteiger charge is 2.34. The number of rotatable bonds is 4. The summed E-state index contributed by atoms with van der Waals surface area (Å²) >= 11 is 0. The molecule has 0 saturated heterocycles. The van der Waals surface area contributed by atoms with Crippen LogP contribution in [-0.2, 0) is 0 Å². The molecule has 4 heteroatoms. The van der Waals surface area contributed by atoms with Crippen molar-refractivity contribution in [1.29, 1.82) is 0 Å². The monoisotopic (exact) mass is 411 g/mol. The lowest BCUT2D eigenvalue weighted by molar-refractivity contribution is 0.463. The molecule has 0 fully saturated rings. The normalized spacial score (nSPS) is 12.1. The van der Waals surface area contributed by atoms with Gasteiger partial charge in [-0.3, -0.25) is 4.98 Å². The van der Waals surface area contributed by atoms with Gasteiger partial charge in [0.05, 0.1) is 1.37 Å². The van der Waals surface area contributed by atoms with Crippen LogP contribution in [0.15, 0.2) is 115 Å². The summed E-state index contributed by atoms with van der Waals surface area (Å²) in [5.41, 5.74) is 8.33. The van der Waals surface area contributed by atoms with Crippen LogP contribution in [0.4, 0.5) is 0 Å². The molecule has 0 N–H and O–H groups in total. The molecule has 0 amide bonds. The molecule has 0 aliphatic carbocycles. The summed E-state index contributed by atoms with van der Waals surface area (Å²) in [4.78, 5) is 8.89. The van der Waals surface area contributed by atoms with Crippen LogP contribution in [0.25, 0.3) is 22.3 Å². The Morgan fingerprint density at radius 2 is 1.50 bits per heavy atom. The van der Waals surface area contributed by atoms with Crippen LogP contribution in [0.1, 0.15) is 1.37 Å². The minimum Gasteiger partial charge on any atom is -0.439 e. The lowest BCUT2D eigenvalue weighted by Gasteiger charge is -2.12. The second-order valence-electron chi connectivity index (χ2n) is 7.80. The third kappa shape index (κ3) is 3.26. The van der Waals surface area contributed by atoms with Crippen molar-refractivity contribution >= 4 is 23.2 Å². The third-order valence-corrected chi connectivity index (χ3v) is 5.88. The van der Waals surface area contributed by atoms with Gasteiger partial charge in [-0.1, -0.05) is 77.6 Å². The zero-order valence-electron chi connectivity index (χ0n) is 18.3. The molecule has 2 aromatic heterocycles. The standard InChI is InChI=1S/C28H19BN2O/c1-2-11-25-23(10-1)24-15-14-21(19-26(24)29(25)27-12-3-5-16-30-27)20-8-7-9-22(18-20)32-28-13-4-6-17-31-28/h1-19H/i4D. The Morgan fingerprint density at radius 3 is 2.41 bits per heavy atom. The van der Waals surface area contributed by atoms with Crippen LogP contribution in [0.5, 0.6) is 11.6 Å². The van der Waals surface area contributed by atoms with E-state index in [-0.39, 0.29) is 6.71 Å². The lowest BCUT2D eigenvalue weighted by Crippen LogP contribution is -2.50. The van der Waals surface area contributed by atoms with Gasteiger partial charge in [-0.25, -0.2) is 4.98 Å². The SMILES string of the molecule is [2H]c1ccnc(Oc2cccc(-c3ccc4c(c3)B(c3ccccn3)c3ccccc3-4)c2)c1. The van der Waals surface area contributed by atoms with E-state index in [1.165, 1.54) is 22.1 Å². The molecule has 0 saturated carbocycles. The van der Waals surface area contributed by atoms with Gasteiger partial charge in [-0.15, -0.1) is 0 Å². The molecule has 3 heterocycles. The van der Waals surface area contributed by atoms with Crippen molar-refractivity contribution in [2.45, 2.75) is 0 Å². The first kappa shape index (κ1) is 17.5. The molecule has 0 unspecified atom stereocenters. The fourth-order valence-electron chi connectivity index (χ4n) is 4.48. The van der Waals surface area contributed by atoms with Crippen molar-refractivity contribution in [3.05, 3.63) is 115 Å². The van der Waals surface area contributed by atoms with E-state index in [1.807, 2.05) is 36.5 Å². The molecule has 150 valence electrons. The maximum atomic E-state index is 7.77. The van der Waals surface area contributed by atoms with E-state index >= 15 is 0 Å². The molecule has 32 heavy (non-hydrogen) atoms. The smallest absolute Gasteiger partial charge is 0.266 e. The largest absolute Gasteiger partial charge is 0.439 e. The minimum absolute atomic E-state index is 0.112. The molecule has 0 spiro atoms. The Kier molecular flexibility index (Phi) is 4.28. The Morgan fingerprint density at radius 1 is 0.656 bits per heavy atom. The molecule has 0 atom stereocenters. The van der Waals surface area contributed by atoms with Gasteiger partial charge in [0.2, 0.25) is 5.88 Å². The lowest BCUT2D eigenvalue weighted by atomic mass is 9.40. The average molecular weight is 411 g/mol. The number of hydrogen-bond acceptors (Lipinski definition) is 3. The Hall–Kier alpha value is -4.18. The first-order chi connectivity index (χ1) is 16.3. The molecule has 1 aliphatic rings. The number of aromatic nitrogens is 2. The van der Waals surface area contributed by atoms with Crippen LogP contribution >= 0.6 is 0 Å². The summed E-state index contributed by atoms with van der Waals surface area (Å²) in [5, 5.41) is 0. The fourth-order valence-corrected chi connectivity index (χ4v) is 4.48. The minimum atomic E-state index is 0.112. The predicted molar refractivity (Wildman–Crippen MR) is 131 cm³/mol. The summed E-state index contributed by atoms with van der Waals surface area (Å²) in [6.45, 7) is 0.112. The molecular formula is C28H19BN2O. The van der Waals surface area contributed by atoms with E-state index in [9.17, 15) is 0 Å². The molecule has 0 radical (unpaired) electrons. The molecular weight excluding hydrogens is 391 g/mol. The summed E-state index contributed by atoms with van der Waals surface area (Å²) in [5.74, 6) is 1.11. The van der Waals surface area contributed by atoms with Crippen molar-refractivity contribution in [3.63, 3.8) is 0 Å². The number of fused-ring (bicyclic) bond motifs is 3. The van der Waals surface area contributed by atoms with Crippen molar-refractivity contribution in [3.8, 4) is 33.9 Å². The van der Waals surface area contributed by atoms with E-state index in [4.69, 9.17) is 6.11 Å². The molecule has 1 aliphatic heterocycles. The zero-order valence-corrected chi connectivity index (χ0v) is 17.3. The van der Waals surface area contributed by atoms with Gasteiger partial charge >= 0.3 is 0 Å². The van der Waals surface area contributed by atoms with Gasteiger partial charge < -0.3 is 4.74 Å². The van der Waals surface area contributed by atoms with Gasteiger partial charge in [-0.2, -0.15) is 0 Å². The van der Waals surface area contributed by atoms with Crippen LogP contribution in [-0.4, -0.2) is 16.7 Å². The second-order valence-corrected chi connectivity index (χ2v) is 7.80. The average Bonchev–Trinajstić information content (AvgIpc) is 3.18. The van der Waals surface area contributed by atoms with Gasteiger partial charge in [0.25, 0.3) is 6.71 Å². The van der Waals surface area contributed by atoms with E-state index in [2.05, 4.69) is 64.6 Å². The van der Waals surface area contributed by atoms with Gasteiger partial charge in [0, 0.05) is 24.1 Å². The molecule has 0 bridgehead atoms. The van der Waals surface area contributed by atoms with Gasteiger partial charge in [0.1, 0.15) is 5.75 Å². The third-order valence-electron chi connectivity index (χ3n) is 5.88. The van der Waals surface area contributed by atoms with E-state index in [0.717, 1.165) is 16.7 Å². The first-order valence-corrected chi connectivity index (χ1v) is 10.6. The van der Waals surface area contributed by atoms with Crippen LogP contribution in [0.3, 0.4) is 0 Å². The van der Waals surface area contributed by atoms with E-state index in [1.54, 1.807) is 18.3 Å². The second kappa shape index (κ2) is 7.82. The van der Waals surface area contributed by atoms with E-state index < -0.39 is 0 Å². The number of hydrogen-bond donors (Lipinski definition) is 0. The predicted octanol–water partition coefficient (Wildman–Crippen LogP) is 4.43. The first-order valence-electron chi connectivity index (χ1n) is 11.1. The quantitative estimate of drug-likeness (QED) is 0.403. The highest BCUT2D eigenvalue weighted by molar-refractivity contribution is 6.98. The van der Waals surface area contributed by atoms with Crippen molar-refractivity contribution in [1.82, 2.24) is 9.97 Å². The van der Waals surface area contributed by atoms with Crippen LogP contribution < -0.4 is 21.3 Å². The molecule has 5 aromatic rings. The van der Waals surface area contributed by atoms with Gasteiger partial charge in [-0.05, 0) is 52.6 Å². The summed E-state index contributed by atoms with van der Waals surface area (Å²) in [6.07, 6.45) is 3.44. The maximum Gasteiger partial charge on any atom is 0.266 e. The Labute approximate surface area is 188 Å². The topological polar surface area (TPSA) is 35.0 Å². The van der Waals surface area contributed by atoms with Crippen molar-refractivity contribution < 1.29 is 6.11 Å². The highest BCUT2D eigenvalue weighted by Crippen LogP contribution is 2.30. The summed E-state index contributed by atoms with van der Waals surface area (Å²) < 4.78 is 13.7. The number of nitrogens with zero attached hydrogens (tertiary/aromatic N) is 2. The maximum absolute atomic E-state index is 7.77. The van der Waals surface area contributed by atoms with Crippen molar-refractivity contribution in [2.75, 3.05) is 0 Å². The Bertz CT molecular complexity index is 1470. The Balaban J connectivity index is 1.41. The van der Waals surface area contributed by atoms with Crippen molar-refractivity contribution in [2.24, 2.45) is 0 Å².